The first kappa shape index (κ1) is 19.9. The van der Waals surface area contributed by atoms with Crippen LogP contribution in [0.2, 0.25) is 0 Å². The zero-order valence-corrected chi connectivity index (χ0v) is 19.1. The Labute approximate surface area is 189 Å². The van der Waals surface area contributed by atoms with Crippen LogP contribution in [0.15, 0.2) is 56.3 Å². The summed E-state index contributed by atoms with van der Waals surface area (Å²) in [6.45, 7) is 1.54. The SMILES string of the molecule is O=c1cc(CSc2nnc(-c3cccs3)n2C[C@H]2CCCO2)nc2ccc(Br)cn12. The van der Waals surface area contributed by atoms with Crippen molar-refractivity contribution in [1.82, 2.24) is 24.1 Å². The van der Waals surface area contributed by atoms with E-state index in [2.05, 4.69) is 41.7 Å². The van der Waals surface area contributed by atoms with Crippen LogP contribution in [0.3, 0.4) is 0 Å². The minimum Gasteiger partial charge on any atom is -0.376 e. The topological polar surface area (TPSA) is 74.3 Å². The molecule has 1 fully saturated rings. The van der Waals surface area contributed by atoms with Crippen molar-refractivity contribution < 1.29 is 4.74 Å². The van der Waals surface area contributed by atoms with Crippen molar-refractivity contribution in [3.63, 3.8) is 0 Å². The molecule has 154 valence electrons. The monoisotopic (exact) mass is 503 g/mol. The molecule has 1 atom stereocenters. The summed E-state index contributed by atoms with van der Waals surface area (Å²) in [6, 6.07) is 9.36. The number of halogens is 1. The van der Waals surface area contributed by atoms with Crippen molar-refractivity contribution in [2.75, 3.05) is 6.61 Å². The number of hydrogen-bond acceptors (Lipinski definition) is 7. The van der Waals surface area contributed by atoms with Crippen molar-refractivity contribution in [3.8, 4) is 10.7 Å². The molecule has 0 aliphatic carbocycles. The highest BCUT2D eigenvalue weighted by molar-refractivity contribution is 9.10. The van der Waals surface area contributed by atoms with E-state index in [0.29, 0.717) is 11.4 Å². The maximum Gasteiger partial charge on any atom is 0.258 e. The second kappa shape index (κ2) is 8.62. The Balaban J connectivity index is 1.42. The van der Waals surface area contributed by atoms with E-state index in [0.717, 1.165) is 52.0 Å². The molecule has 0 radical (unpaired) electrons. The number of thioether (sulfide) groups is 1. The standard InChI is InChI=1S/C20H18BrN5O2S2/c21-13-5-6-17-22-14(9-18(27)25(17)10-13)12-30-20-24-23-19(16-4-2-8-29-16)26(20)11-15-3-1-7-28-15/h2,4-6,8-10,15H,1,3,7,11-12H2/t15-/m1/s1. The van der Waals surface area contributed by atoms with Gasteiger partial charge >= 0.3 is 0 Å². The van der Waals surface area contributed by atoms with Gasteiger partial charge in [-0.2, -0.15) is 0 Å². The fourth-order valence-corrected chi connectivity index (χ4v) is 5.37. The van der Waals surface area contributed by atoms with E-state index < -0.39 is 0 Å². The van der Waals surface area contributed by atoms with Crippen LogP contribution in [0.4, 0.5) is 0 Å². The molecule has 0 spiro atoms. The highest BCUT2D eigenvalue weighted by Crippen LogP contribution is 2.30. The summed E-state index contributed by atoms with van der Waals surface area (Å²) in [5.41, 5.74) is 1.25. The molecule has 0 saturated carbocycles. The molecule has 0 unspecified atom stereocenters. The van der Waals surface area contributed by atoms with E-state index >= 15 is 0 Å². The summed E-state index contributed by atoms with van der Waals surface area (Å²) < 4.78 is 10.4. The van der Waals surface area contributed by atoms with Gasteiger partial charge in [0.25, 0.3) is 5.56 Å². The lowest BCUT2D eigenvalue weighted by molar-refractivity contribution is 0.0953. The smallest absolute Gasteiger partial charge is 0.258 e. The molecule has 7 nitrogen and oxygen atoms in total. The predicted molar refractivity (Wildman–Crippen MR) is 121 cm³/mol. The Bertz CT molecular complexity index is 1230. The largest absolute Gasteiger partial charge is 0.376 e. The van der Waals surface area contributed by atoms with E-state index in [-0.39, 0.29) is 11.7 Å². The van der Waals surface area contributed by atoms with Gasteiger partial charge < -0.3 is 4.74 Å². The third-order valence-corrected chi connectivity index (χ3v) is 7.23. The minimum atomic E-state index is -0.100. The molecule has 0 aromatic carbocycles. The Morgan fingerprint density at radius 3 is 3.03 bits per heavy atom. The quantitative estimate of drug-likeness (QED) is 0.366. The Morgan fingerprint density at radius 1 is 1.30 bits per heavy atom. The zero-order chi connectivity index (χ0) is 20.5. The molecular weight excluding hydrogens is 486 g/mol. The molecule has 5 heterocycles. The molecule has 1 aliphatic heterocycles. The summed E-state index contributed by atoms with van der Waals surface area (Å²) >= 11 is 6.58. The summed E-state index contributed by atoms with van der Waals surface area (Å²) in [6.07, 6.45) is 4.05. The second-order valence-corrected chi connectivity index (χ2v) is 9.78. The van der Waals surface area contributed by atoms with Crippen molar-refractivity contribution >= 4 is 44.7 Å². The number of rotatable bonds is 6. The molecule has 1 saturated heterocycles. The second-order valence-electron chi connectivity index (χ2n) is 6.98. The van der Waals surface area contributed by atoms with Crippen LogP contribution in [-0.4, -0.2) is 36.9 Å². The van der Waals surface area contributed by atoms with E-state index in [1.54, 1.807) is 35.4 Å². The lowest BCUT2D eigenvalue weighted by Crippen LogP contribution is -2.17. The van der Waals surface area contributed by atoms with Gasteiger partial charge in [-0.05, 0) is 52.4 Å². The molecule has 4 aromatic rings. The fourth-order valence-electron chi connectivity index (χ4n) is 3.48. The van der Waals surface area contributed by atoms with Gasteiger partial charge in [0.1, 0.15) is 5.65 Å². The van der Waals surface area contributed by atoms with Crippen LogP contribution in [0.25, 0.3) is 16.3 Å². The van der Waals surface area contributed by atoms with Crippen LogP contribution >= 0.6 is 39.0 Å². The van der Waals surface area contributed by atoms with E-state index in [1.807, 2.05) is 23.6 Å². The lowest BCUT2D eigenvalue weighted by atomic mass is 10.2. The van der Waals surface area contributed by atoms with Crippen LogP contribution in [0.5, 0.6) is 0 Å². The predicted octanol–water partition coefficient (Wildman–Crippen LogP) is 4.25. The summed E-state index contributed by atoms with van der Waals surface area (Å²) in [5, 5.41) is 11.7. The van der Waals surface area contributed by atoms with Crippen molar-refractivity contribution in [3.05, 3.63) is 62.4 Å². The zero-order valence-electron chi connectivity index (χ0n) is 15.9. The third kappa shape index (κ3) is 4.09. The van der Waals surface area contributed by atoms with Crippen molar-refractivity contribution in [2.45, 2.75) is 36.4 Å². The summed E-state index contributed by atoms with van der Waals surface area (Å²) in [5.74, 6) is 1.40. The number of thiophene rings is 1. The first-order valence-electron chi connectivity index (χ1n) is 9.57. The van der Waals surface area contributed by atoms with Crippen LogP contribution in [0, 0.1) is 0 Å². The number of pyridine rings is 1. The summed E-state index contributed by atoms with van der Waals surface area (Å²) in [4.78, 5) is 18.2. The molecular formula is C20H18BrN5O2S2. The molecule has 10 heteroatoms. The molecule has 0 N–H and O–H groups in total. The fraction of sp³-hybridized carbons (Fsp3) is 0.300. The Kier molecular flexibility index (Phi) is 5.72. The van der Waals surface area contributed by atoms with Crippen molar-refractivity contribution in [1.29, 1.82) is 0 Å². The summed E-state index contributed by atoms with van der Waals surface area (Å²) in [7, 11) is 0. The average molecular weight is 504 g/mol. The molecule has 4 aromatic heterocycles. The minimum absolute atomic E-state index is 0.100. The highest BCUT2D eigenvalue weighted by Gasteiger charge is 2.22. The number of nitrogens with zero attached hydrogens (tertiary/aromatic N) is 5. The molecule has 5 rings (SSSR count). The Hall–Kier alpha value is -2.01. The molecule has 1 aliphatic rings. The van der Waals surface area contributed by atoms with E-state index in [4.69, 9.17) is 4.74 Å². The van der Waals surface area contributed by atoms with Gasteiger partial charge in [-0.25, -0.2) is 4.98 Å². The van der Waals surface area contributed by atoms with Crippen LogP contribution < -0.4 is 5.56 Å². The third-order valence-electron chi connectivity index (χ3n) is 4.89. The molecule has 0 bridgehead atoms. The van der Waals surface area contributed by atoms with Gasteiger partial charge in [-0.15, -0.1) is 21.5 Å². The van der Waals surface area contributed by atoms with E-state index in [9.17, 15) is 4.79 Å². The molecule has 0 amide bonds. The normalized spacial score (nSPS) is 16.5. The van der Waals surface area contributed by atoms with Gasteiger partial charge in [0.05, 0.1) is 23.2 Å². The van der Waals surface area contributed by atoms with Crippen LogP contribution in [-0.2, 0) is 17.0 Å². The number of hydrogen-bond donors (Lipinski definition) is 0. The average Bonchev–Trinajstić information content (AvgIpc) is 3.50. The maximum absolute atomic E-state index is 12.5. The molecule has 30 heavy (non-hydrogen) atoms. The van der Waals surface area contributed by atoms with E-state index in [1.165, 1.54) is 4.40 Å². The van der Waals surface area contributed by atoms with Gasteiger partial charge in [-0.3, -0.25) is 13.8 Å². The first-order valence-corrected chi connectivity index (χ1v) is 12.2. The van der Waals surface area contributed by atoms with Gasteiger partial charge in [0.15, 0.2) is 11.0 Å². The van der Waals surface area contributed by atoms with Gasteiger partial charge in [0.2, 0.25) is 0 Å². The first-order chi connectivity index (χ1) is 14.7. The van der Waals surface area contributed by atoms with Gasteiger partial charge in [0, 0.05) is 29.1 Å². The lowest BCUT2D eigenvalue weighted by Gasteiger charge is -2.14. The highest BCUT2D eigenvalue weighted by atomic mass is 79.9. The Morgan fingerprint density at radius 2 is 2.23 bits per heavy atom. The van der Waals surface area contributed by atoms with Crippen LogP contribution in [0.1, 0.15) is 18.5 Å². The maximum atomic E-state index is 12.5. The number of ether oxygens (including phenoxy) is 1. The number of fused-ring (bicyclic) bond motifs is 1. The van der Waals surface area contributed by atoms with Gasteiger partial charge in [-0.1, -0.05) is 17.8 Å². The van der Waals surface area contributed by atoms with Crippen molar-refractivity contribution in [2.24, 2.45) is 0 Å². The number of aromatic nitrogens is 5.